The molecule has 3 aromatic carbocycles. The number of nitro groups is 1. The second kappa shape index (κ2) is 12.5. The molecular formula is C27H29NO7. The van der Waals surface area contributed by atoms with Gasteiger partial charge in [0.05, 0.1) is 26.4 Å². The molecule has 1 aliphatic rings. The summed E-state index contributed by atoms with van der Waals surface area (Å²) in [5.74, 6) is 0. The highest BCUT2D eigenvalue weighted by Crippen LogP contribution is 2.29. The van der Waals surface area contributed by atoms with Crippen LogP contribution >= 0.6 is 0 Å². The normalized spacial score (nSPS) is 24.2. The van der Waals surface area contributed by atoms with Crippen molar-refractivity contribution in [3.8, 4) is 0 Å². The second-order valence-electron chi connectivity index (χ2n) is 8.36. The number of ether oxygens (including phenoxy) is 4. The summed E-state index contributed by atoms with van der Waals surface area (Å²) in [6.45, 7) is 0.735. The lowest BCUT2D eigenvalue weighted by Crippen LogP contribution is -2.62. The van der Waals surface area contributed by atoms with Crippen LogP contribution in [0.1, 0.15) is 16.7 Å². The first-order chi connectivity index (χ1) is 17.1. The Morgan fingerprint density at radius 1 is 0.743 bits per heavy atom. The average molecular weight is 480 g/mol. The fraction of sp³-hybridized carbons (Fsp3) is 0.333. The largest absolute Gasteiger partial charge is 0.374 e. The quantitative estimate of drug-likeness (QED) is 0.330. The van der Waals surface area contributed by atoms with Crippen LogP contribution in [-0.2, 0) is 38.8 Å². The van der Waals surface area contributed by atoms with Crippen LogP contribution in [-0.4, -0.2) is 47.3 Å². The molecule has 35 heavy (non-hydrogen) atoms. The van der Waals surface area contributed by atoms with E-state index < -0.39 is 35.6 Å². The summed E-state index contributed by atoms with van der Waals surface area (Å²) in [6, 6.07) is 27.0. The van der Waals surface area contributed by atoms with Gasteiger partial charge < -0.3 is 24.1 Å². The first kappa shape index (κ1) is 25.0. The van der Waals surface area contributed by atoms with Gasteiger partial charge in [-0.2, -0.15) is 0 Å². The van der Waals surface area contributed by atoms with E-state index in [4.69, 9.17) is 18.9 Å². The molecule has 1 fully saturated rings. The van der Waals surface area contributed by atoms with E-state index in [1.165, 1.54) is 0 Å². The van der Waals surface area contributed by atoms with Crippen molar-refractivity contribution in [1.82, 2.24) is 0 Å². The maximum Gasteiger partial charge on any atom is 0.291 e. The van der Waals surface area contributed by atoms with Gasteiger partial charge in [0.1, 0.15) is 12.2 Å². The van der Waals surface area contributed by atoms with Gasteiger partial charge in [0.15, 0.2) is 6.10 Å². The van der Waals surface area contributed by atoms with Crippen molar-refractivity contribution in [2.45, 2.75) is 50.5 Å². The fourth-order valence-corrected chi connectivity index (χ4v) is 4.06. The van der Waals surface area contributed by atoms with Crippen LogP contribution in [0.4, 0.5) is 0 Å². The summed E-state index contributed by atoms with van der Waals surface area (Å²) >= 11 is 0. The summed E-state index contributed by atoms with van der Waals surface area (Å²) in [5.41, 5.74) is 2.74. The molecule has 1 aliphatic heterocycles. The zero-order chi connectivity index (χ0) is 24.5. The van der Waals surface area contributed by atoms with E-state index in [0.717, 1.165) is 16.7 Å². The van der Waals surface area contributed by atoms with Crippen LogP contribution in [0.2, 0.25) is 0 Å². The van der Waals surface area contributed by atoms with E-state index in [0.29, 0.717) is 6.61 Å². The van der Waals surface area contributed by atoms with E-state index in [1.807, 2.05) is 91.0 Å². The number of hydrogen-bond donors (Lipinski definition) is 1. The number of aliphatic hydroxyl groups is 1. The molecule has 0 saturated carbocycles. The topological polar surface area (TPSA) is 100 Å². The highest BCUT2D eigenvalue weighted by molar-refractivity contribution is 5.15. The lowest BCUT2D eigenvalue weighted by atomic mass is 9.96. The lowest BCUT2D eigenvalue weighted by Gasteiger charge is -2.40. The minimum atomic E-state index is -1.66. The Bertz CT molecular complexity index is 1040. The van der Waals surface area contributed by atoms with Crippen molar-refractivity contribution in [2.24, 2.45) is 0 Å². The first-order valence-corrected chi connectivity index (χ1v) is 11.5. The van der Waals surface area contributed by atoms with Crippen molar-refractivity contribution < 1.29 is 29.0 Å². The smallest absolute Gasteiger partial charge is 0.291 e. The summed E-state index contributed by atoms with van der Waals surface area (Å²) in [4.78, 5) is 11.3. The van der Waals surface area contributed by atoms with Crippen LogP contribution in [0.5, 0.6) is 0 Å². The van der Waals surface area contributed by atoms with Crippen molar-refractivity contribution in [2.75, 3.05) is 6.61 Å². The maximum atomic E-state index is 11.9. The second-order valence-corrected chi connectivity index (χ2v) is 8.36. The van der Waals surface area contributed by atoms with Crippen LogP contribution in [0, 0.1) is 10.1 Å². The zero-order valence-corrected chi connectivity index (χ0v) is 19.2. The van der Waals surface area contributed by atoms with Gasteiger partial charge in [0.25, 0.3) is 6.04 Å². The van der Waals surface area contributed by atoms with Gasteiger partial charge >= 0.3 is 0 Å². The van der Waals surface area contributed by atoms with Crippen molar-refractivity contribution >= 4 is 0 Å². The van der Waals surface area contributed by atoms with E-state index in [2.05, 4.69) is 0 Å². The summed E-state index contributed by atoms with van der Waals surface area (Å²) in [7, 11) is 0. The summed E-state index contributed by atoms with van der Waals surface area (Å²) in [5, 5.41) is 22.5. The third-order valence-electron chi connectivity index (χ3n) is 5.84. The first-order valence-electron chi connectivity index (χ1n) is 11.5. The fourth-order valence-electron chi connectivity index (χ4n) is 4.06. The Hall–Kier alpha value is -3.14. The molecular weight excluding hydrogens is 450 g/mol. The summed E-state index contributed by atoms with van der Waals surface area (Å²) < 4.78 is 23.7. The Labute approximate surface area is 204 Å². The summed E-state index contributed by atoms with van der Waals surface area (Å²) in [6.07, 6.45) is -4.32. The van der Waals surface area contributed by atoms with Gasteiger partial charge in [-0.15, -0.1) is 0 Å². The van der Waals surface area contributed by atoms with E-state index >= 15 is 0 Å². The van der Waals surface area contributed by atoms with Gasteiger partial charge in [-0.25, -0.2) is 0 Å². The Balaban J connectivity index is 1.52. The lowest BCUT2D eigenvalue weighted by molar-refractivity contribution is -0.575. The molecule has 184 valence electrons. The number of benzene rings is 3. The SMILES string of the molecule is O=[N+]([O-])[C@@H]1[C@@H](OCc2ccccc2)[C@@H](OCc2ccccc2)[C@@H](COCc2ccccc2)O[C@@H]1O. The van der Waals surface area contributed by atoms with E-state index in [1.54, 1.807) is 0 Å². The Morgan fingerprint density at radius 2 is 1.20 bits per heavy atom. The predicted molar refractivity (Wildman–Crippen MR) is 128 cm³/mol. The molecule has 3 aromatic rings. The number of aliphatic hydroxyl groups excluding tert-OH is 1. The van der Waals surface area contributed by atoms with E-state index in [-0.39, 0.29) is 19.8 Å². The van der Waals surface area contributed by atoms with Gasteiger partial charge in [-0.05, 0) is 16.7 Å². The molecule has 0 amide bonds. The number of hydrogen-bond acceptors (Lipinski definition) is 7. The third-order valence-corrected chi connectivity index (χ3v) is 5.84. The standard InChI is InChI=1S/C27H29NO7/c29-27-24(28(30)31)26(34-18-22-14-8-3-9-15-22)25(33-17-21-12-6-2-7-13-21)23(35-27)19-32-16-20-10-4-1-5-11-20/h1-15,23-27,29H,16-19H2/t23-,24-,25+,26-,27+/m1/s1. The molecule has 5 atom stereocenters. The molecule has 0 aromatic heterocycles. The minimum absolute atomic E-state index is 0.0705. The molecule has 1 N–H and O–H groups in total. The molecule has 4 rings (SSSR count). The average Bonchev–Trinajstić information content (AvgIpc) is 2.88. The molecule has 0 unspecified atom stereocenters. The Kier molecular flexibility index (Phi) is 8.94. The number of nitrogens with zero attached hydrogens (tertiary/aromatic N) is 1. The molecule has 0 radical (unpaired) electrons. The third kappa shape index (κ3) is 6.94. The Morgan fingerprint density at radius 3 is 1.69 bits per heavy atom. The molecule has 8 nitrogen and oxygen atoms in total. The monoisotopic (exact) mass is 479 g/mol. The molecule has 8 heteroatoms. The highest BCUT2D eigenvalue weighted by Gasteiger charge is 2.53. The molecule has 1 saturated heterocycles. The maximum absolute atomic E-state index is 11.9. The van der Waals surface area contributed by atoms with Crippen molar-refractivity contribution in [3.05, 3.63) is 118 Å². The molecule has 1 heterocycles. The van der Waals surface area contributed by atoms with Crippen LogP contribution in [0.15, 0.2) is 91.0 Å². The predicted octanol–water partition coefficient (Wildman–Crippen LogP) is 3.74. The molecule has 0 spiro atoms. The van der Waals surface area contributed by atoms with Crippen molar-refractivity contribution in [3.63, 3.8) is 0 Å². The number of rotatable bonds is 11. The van der Waals surface area contributed by atoms with Gasteiger partial charge in [0, 0.05) is 4.92 Å². The van der Waals surface area contributed by atoms with Gasteiger partial charge in [0.2, 0.25) is 6.29 Å². The minimum Gasteiger partial charge on any atom is -0.374 e. The van der Waals surface area contributed by atoms with Crippen LogP contribution < -0.4 is 0 Å². The van der Waals surface area contributed by atoms with Gasteiger partial charge in [-0.1, -0.05) is 91.0 Å². The zero-order valence-electron chi connectivity index (χ0n) is 19.2. The van der Waals surface area contributed by atoms with Crippen molar-refractivity contribution in [1.29, 1.82) is 0 Å². The molecule has 0 bridgehead atoms. The van der Waals surface area contributed by atoms with Gasteiger partial charge in [-0.3, -0.25) is 10.1 Å². The van der Waals surface area contributed by atoms with E-state index in [9.17, 15) is 15.2 Å². The van der Waals surface area contributed by atoms with Crippen LogP contribution in [0.3, 0.4) is 0 Å². The highest BCUT2D eigenvalue weighted by atomic mass is 16.7. The molecule has 0 aliphatic carbocycles. The van der Waals surface area contributed by atoms with Crippen LogP contribution in [0.25, 0.3) is 0 Å².